The van der Waals surface area contributed by atoms with Gasteiger partial charge in [-0.1, -0.05) is 22.9 Å². The predicted octanol–water partition coefficient (Wildman–Crippen LogP) is 4.10. The Labute approximate surface area is 142 Å². The molecule has 0 unspecified atom stereocenters. The Morgan fingerprint density at radius 2 is 2.04 bits per heavy atom. The summed E-state index contributed by atoms with van der Waals surface area (Å²) in [4.78, 5) is 25.6. The van der Waals surface area contributed by atoms with E-state index in [1.807, 2.05) is 19.1 Å². The Morgan fingerprint density at radius 1 is 1.22 bits per heavy atom. The zero-order valence-corrected chi connectivity index (χ0v) is 13.9. The van der Waals surface area contributed by atoms with Crippen LogP contribution in [0, 0.1) is 6.92 Å². The lowest BCUT2D eigenvalue weighted by atomic mass is 10.2. The normalized spacial score (nSPS) is 15.0. The standard InChI is InChI=1S/C16H13ClN4OS/c1-10-2-4-18-9-13(10)20-6-7-21(16(20)22)14-8-11-12(17)3-5-19-15(11)23-14/h2-5,8-9H,6-7H2,1H3. The zero-order chi connectivity index (χ0) is 16.0. The van der Waals surface area contributed by atoms with Gasteiger partial charge in [0.25, 0.3) is 0 Å². The fourth-order valence-electron chi connectivity index (χ4n) is 2.73. The average Bonchev–Trinajstić information content (AvgIpc) is 3.12. The van der Waals surface area contributed by atoms with Crippen LogP contribution in [-0.2, 0) is 0 Å². The number of anilines is 2. The van der Waals surface area contributed by atoms with Crippen molar-refractivity contribution in [1.82, 2.24) is 9.97 Å². The van der Waals surface area contributed by atoms with Crippen molar-refractivity contribution in [3.63, 3.8) is 0 Å². The van der Waals surface area contributed by atoms with Gasteiger partial charge >= 0.3 is 6.03 Å². The lowest BCUT2D eigenvalue weighted by Gasteiger charge is -2.18. The van der Waals surface area contributed by atoms with Gasteiger partial charge in [-0.05, 0) is 30.7 Å². The maximum Gasteiger partial charge on any atom is 0.329 e. The molecule has 1 saturated heterocycles. The van der Waals surface area contributed by atoms with Gasteiger partial charge in [-0.2, -0.15) is 0 Å². The highest BCUT2D eigenvalue weighted by molar-refractivity contribution is 7.22. The van der Waals surface area contributed by atoms with Crippen molar-refractivity contribution in [2.75, 3.05) is 22.9 Å². The third-order valence-corrected chi connectivity index (χ3v) is 5.34. The van der Waals surface area contributed by atoms with Crippen molar-refractivity contribution < 1.29 is 4.79 Å². The molecule has 0 bridgehead atoms. The molecule has 4 heterocycles. The second-order valence-corrected chi connectivity index (χ2v) is 6.76. The molecule has 5 nitrogen and oxygen atoms in total. The SMILES string of the molecule is Cc1ccncc1N1CCN(c2cc3c(Cl)ccnc3s2)C1=O. The first-order valence-corrected chi connectivity index (χ1v) is 8.38. The quantitative estimate of drug-likeness (QED) is 0.703. The molecule has 0 N–H and O–H groups in total. The lowest BCUT2D eigenvalue weighted by Crippen LogP contribution is -2.31. The number of thiophene rings is 1. The van der Waals surface area contributed by atoms with Crippen molar-refractivity contribution in [3.05, 3.63) is 47.4 Å². The number of halogens is 1. The van der Waals surface area contributed by atoms with Gasteiger partial charge in [0.2, 0.25) is 0 Å². The molecular weight excluding hydrogens is 332 g/mol. The molecule has 0 radical (unpaired) electrons. The number of amides is 2. The first-order chi connectivity index (χ1) is 11.1. The summed E-state index contributed by atoms with van der Waals surface area (Å²) >= 11 is 7.68. The molecule has 3 aromatic heterocycles. The van der Waals surface area contributed by atoms with Crippen molar-refractivity contribution in [1.29, 1.82) is 0 Å². The third kappa shape index (κ3) is 2.34. The molecular formula is C16H13ClN4OS. The number of carbonyl (C=O) groups excluding carboxylic acids is 1. The number of urea groups is 1. The lowest BCUT2D eigenvalue weighted by molar-refractivity contribution is 0.256. The van der Waals surface area contributed by atoms with Crippen LogP contribution >= 0.6 is 22.9 Å². The Balaban J connectivity index is 1.69. The maximum absolute atomic E-state index is 12.8. The number of hydrogen-bond acceptors (Lipinski definition) is 4. The molecule has 0 aliphatic carbocycles. The van der Waals surface area contributed by atoms with E-state index >= 15 is 0 Å². The minimum absolute atomic E-state index is 0.0382. The van der Waals surface area contributed by atoms with Crippen molar-refractivity contribution in [3.8, 4) is 0 Å². The predicted molar refractivity (Wildman–Crippen MR) is 93.7 cm³/mol. The van der Waals surface area contributed by atoms with E-state index in [0.29, 0.717) is 18.1 Å². The second-order valence-electron chi connectivity index (χ2n) is 5.34. The molecule has 1 aliphatic heterocycles. The highest BCUT2D eigenvalue weighted by atomic mass is 35.5. The summed E-state index contributed by atoms with van der Waals surface area (Å²) in [6, 6.07) is 5.57. The van der Waals surface area contributed by atoms with Crippen LogP contribution in [-0.4, -0.2) is 29.1 Å². The van der Waals surface area contributed by atoms with Crippen LogP contribution in [0.3, 0.4) is 0 Å². The largest absolute Gasteiger partial charge is 0.329 e. The molecule has 7 heteroatoms. The minimum atomic E-state index is -0.0382. The van der Waals surface area contributed by atoms with Gasteiger partial charge in [0.15, 0.2) is 0 Å². The minimum Gasteiger partial charge on any atom is -0.290 e. The molecule has 2 amide bonds. The van der Waals surface area contributed by atoms with E-state index in [0.717, 1.165) is 26.5 Å². The van der Waals surface area contributed by atoms with E-state index in [-0.39, 0.29) is 6.03 Å². The van der Waals surface area contributed by atoms with Gasteiger partial charge in [-0.15, -0.1) is 0 Å². The zero-order valence-electron chi connectivity index (χ0n) is 12.4. The van der Waals surface area contributed by atoms with E-state index in [9.17, 15) is 4.79 Å². The van der Waals surface area contributed by atoms with E-state index in [1.165, 1.54) is 11.3 Å². The van der Waals surface area contributed by atoms with Crippen LogP contribution in [0.2, 0.25) is 5.02 Å². The fourth-order valence-corrected chi connectivity index (χ4v) is 4.04. The topological polar surface area (TPSA) is 49.3 Å². The van der Waals surface area contributed by atoms with Crippen molar-refractivity contribution >= 4 is 49.9 Å². The molecule has 0 spiro atoms. The Kier molecular flexibility index (Phi) is 3.43. The van der Waals surface area contributed by atoms with Crippen LogP contribution < -0.4 is 9.80 Å². The smallest absolute Gasteiger partial charge is 0.290 e. The summed E-state index contributed by atoms with van der Waals surface area (Å²) in [6.07, 6.45) is 5.15. The Morgan fingerprint density at radius 3 is 2.83 bits per heavy atom. The van der Waals surface area contributed by atoms with Crippen molar-refractivity contribution in [2.24, 2.45) is 0 Å². The van der Waals surface area contributed by atoms with E-state index in [2.05, 4.69) is 9.97 Å². The molecule has 23 heavy (non-hydrogen) atoms. The molecule has 116 valence electrons. The van der Waals surface area contributed by atoms with Gasteiger partial charge in [-0.25, -0.2) is 9.78 Å². The van der Waals surface area contributed by atoms with Gasteiger partial charge in [-0.3, -0.25) is 14.8 Å². The molecule has 0 aromatic carbocycles. The highest BCUT2D eigenvalue weighted by Crippen LogP contribution is 2.37. The monoisotopic (exact) mass is 344 g/mol. The number of hydrogen-bond donors (Lipinski definition) is 0. The van der Waals surface area contributed by atoms with Crippen LogP contribution in [0.5, 0.6) is 0 Å². The number of pyridine rings is 2. The van der Waals surface area contributed by atoms with E-state index in [1.54, 1.807) is 34.5 Å². The molecule has 0 saturated carbocycles. The van der Waals surface area contributed by atoms with Gasteiger partial charge in [0.1, 0.15) is 9.83 Å². The molecule has 3 aromatic rings. The summed E-state index contributed by atoms with van der Waals surface area (Å²) in [6.45, 7) is 3.26. The third-order valence-electron chi connectivity index (χ3n) is 3.95. The van der Waals surface area contributed by atoms with Gasteiger partial charge in [0.05, 0.1) is 16.9 Å². The fraction of sp³-hybridized carbons (Fsp3) is 0.188. The maximum atomic E-state index is 12.8. The number of fused-ring (bicyclic) bond motifs is 1. The number of carbonyl (C=O) groups is 1. The Hall–Kier alpha value is -2.18. The van der Waals surface area contributed by atoms with Gasteiger partial charge < -0.3 is 0 Å². The number of aromatic nitrogens is 2. The average molecular weight is 345 g/mol. The summed E-state index contributed by atoms with van der Waals surface area (Å²) in [5, 5.41) is 2.41. The highest BCUT2D eigenvalue weighted by Gasteiger charge is 2.32. The molecule has 1 fully saturated rings. The molecule has 0 atom stereocenters. The van der Waals surface area contributed by atoms with E-state index < -0.39 is 0 Å². The second kappa shape index (κ2) is 5.47. The number of rotatable bonds is 2. The van der Waals surface area contributed by atoms with Crippen LogP contribution in [0.1, 0.15) is 5.56 Å². The van der Waals surface area contributed by atoms with Gasteiger partial charge in [0, 0.05) is 30.9 Å². The number of aryl methyl sites for hydroxylation is 1. The number of nitrogens with zero attached hydrogens (tertiary/aromatic N) is 4. The molecule has 4 rings (SSSR count). The van der Waals surface area contributed by atoms with E-state index in [4.69, 9.17) is 11.6 Å². The summed E-state index contributed by atoms with van der Waals surface area (Å²) < 4.78 is 0. The van der Waals surface area contributed by atoms with Crippen molar-refractivity contribution in [2.45, 2.75) is 6.92 Å². The summed E-state index contributed by atoms with van der Waals surface area (Å²) in [7, 11) is 0. The summed E-state index contributed by atoms with van der Waals surface area (Å²) in [5.41, 5.74) is 1.90. The first-order valence-electron chi connectivity index (χ1n) is 7.19. The first kappa shape index (κ1) is 14.4. The van der Waals surface area contributed by atoms with Crippen LogP contribution in [0.15, 0.2) is 36.8 Å². The molecule has 1 aliphatic rings. The van der Waals surface area contributed by atoms with Crippen LogP contribution in [0.4, 0.5) is 15.5 Å². The Bertz CT molecular complexity index is 910. The van der Waals surface area contributed by atoms with Crippen LogP contribution in [0.25, 0.3) is 10.2 Å². The summed E-state index contributed by atoms with van der Waals surface area (Å²) in [5.74, 6) is 0.